The fourth-order valence-corrected chi connectivity index (χ4v) is 8.56. The highest BCUT2D eigenvalue weighted by Crippen LogP contribution is 2.60. The van der Waals surface area contributed by atoms with Gasteiger partial charge in [-0.15, -0.1) is 0 Å². The summed E-state index contributed by atoms with van der Waals surface area (Å²) >= 11 is 0. The monoisotopic (exact) mass is 878 g/mol. The zero-order chi connectivity index (χ0) is 48.4. The predicted molar refractivity (Wildman–Crippen MR) is 262 cm³/mol. The molecule has 342 valence electrons. The van der Waals surface area contributed by atoms with Crippen molar-refractivity contribution in [1.82, 2.24) is 0 Å². The number of rotatable bonds is 10. The lowest BCUT2D eigenvalue weighted by Crippen LogP contribution is -2.33. The van der Waals surface area contributed by atoms with Crippen LogP contribution < -0.4 is 0 Å². The SMILES string of the molecule is Cc1cc(C=CC(=O)OC(C)(C)C)c(C)c(C=CC(=O)OC(C)(C)C)c1C1(c2c(C)cc(C=CC(=O)OC(C)(C)C)c(C)c2C=CC(=O)OC(C)(C)C)c2ccccc2-c2ccccc21. The molecule has 0 saturated carbocycles. The minimum atomic E-state index is -1.07. The number of hydrogen-bond acceptors (Lipinski definition) is 8. The number of ether oxygens (including phenoxy) is 4. The van der Waals surface area contributed by atoms with Gasteiger partial charge in [0.05, 0.1) is 5.41 Å². The molecule has 0 amide bonds. The molecule has 1 aliphatic carbocycles. The highest BCUT2D eigenvalue weighted by molar-refractivity contribution is 5.96. The van der Waals surface area contributed by atoms with E-state index >= 15 is 0 Å². The summed E-state index contributed by atoms with van der Waals surface area (Å²) in [4.78, 5) is 53.3. The summed E-state index contributed by atoms with van der Waals surface area (Å²) in [6, 6.07) is 20.8. The smallest absolute Gasteiger partial charge is 0.331 e. The third kappa shape index (κ3) is 11.7. The standard InChI is InChI=1S/C57H66O8/c1-35-33-39(25-29-47(58)62-53(5,6)7)37(3)41(27-31-49(60)64-55(11,12)13)51(35)57(45-23-19-17-21-43(45)44-22-18-20-24-46(44)57)52-36(2)34-40(26-30-48(59)63-54(8,9)10)38(4)42(52)28-32-50(61)65-56(14,15)16/h17-34H,1-16H3. The Hall–Kier alpha value is -6.28. The van der Waals surface area contributed by atoms with Crippen molar-refractivity contribution in [3.05, 3.63) is 152 Å². The van der Waals surface area contributed by atoms with Crippen LogP contribution in [0.15, 0.2) is 85.0 Å². The number of aryl methyl sites for hydroxylation is 2. The molecular weight excluding hydrogens is 813 g/mol. The number of carbonyl (C=O) groups is 4. The lowest BCUT2D eigenvalue weighted by atomic mass is 9.61. The molecule has 0 heterocycles. The van der Waals surface area contributed by atoms with Crippen LogP contribution in [0.1, 0.15) is 150 Å². The van der Waals surface area contributed by atoms with Crippen molar-refractivity contribution >= 4 is 48.2 Å². The zero-order valence-corrected chi connectivity index (χ0v) is 41.2. The topological polar surface area (TPSA) is 105 Å². The molecule has 0 saturated heterocycles. The first-order valence-electron chi connectivity index (χ1n) is 22.2. The van der Waals surface area contributed by atoms with Crippen molar-refractivity contribution in [2.75, 3.05) is 0 Å². The van der Waals surface area contributed by atoms with Gasteiger partial charge >= 0.3 is 23.9 Å². The van der Waals surface area contributed by atoms with Crippen molar-refractivity contribution < 1.29 is 38.1 Å². The molecule has 0 radical (unpaired) electrons. The molecule has 0 bridgehead atoms. The summed E-state index contributed by atoms with van der Waals surface area (Å²) in [6.45, 7) is 30.0. The quantitative estimate of drug-likeness (QED) is 0.0776. The molecule has 0 N–H and O–H groups in total. The van der Waals surface area contributed by atoms with Gasteiger partial charge in [-0.1, -0.05) is 60.7 Å². The van der Waals surface area contributed by atoms with Gasteiger partial charge in [-0.2, -0.15) is 0 Å². The lowest BCUT2D eigenvalue weighted by molar-refractivity contribution is -0.149. The maximum atomic E-state index is 13.6. The molecule has 65 heavy (non-hydrogen) atoms. The Labute approximate surface area is 386 Å². The Bertz CT molecular complexity index is 2460. The molecule has 0 aliphatic heterocycles. The van der Waals surface area contributed by atoms with Crippen molar-refractivity contribution in [2.45, 2.75) is 139 Å². The van der Waals surface area contributed by atoms with Gasteiger partial charge < -0.3 is 18.9 Å². The second-order valence-electron chi connectivity index (χ2n) is 20.7. The molecule has 0 atom stereocenters. The summed E-state index contributed by atoms with van der Waals surface area (Å²) in [7, 11) is 0. The van der Waals surface area contributed by atoms with Gasteiger partial charge in [0.1, 0.15) is 22.4 Å². The molecule has 0 unspecified atom stereocenters. The van der Waals surface area contributed by atoms with Gasteiger partial charge in [0.15, 0.2) is 0 Å². The van der Waals surface area contributed by atoms with Crippen LogP contribution in [0.4, 0.5) is 0 Å². The van der Waals surface area contributed by atoms with Crippen LogP contribution in [-0.2, 0) is 43.5 Å². The normalized spacial score (nSPS) is 14.0. The van der Waals surface area contributed by atoms with E-state index in [9.17, 15) is 19.2 Å². The molecule has 8 heteroatoms. The Morgan fingerprint density at radius 2 is 0.708 bits per heavy atom. The van der Waals surface area contributed by atoms with Crippen molar-refractivity contribution in [3.8, 4) is 11.1 Å². The van der Waals surface area contributed by atoms with E-state index in [2.05, 4.69) is 36.4 Å². The molecule has 8 nitrogen and oxygen atoms in total. The fourth-order valence-electron chi connectivity index (χ4n) is 8.56. The first-order chi connectivity index (χ1) is 30.0. The minimum absolute atomic E-state index is 0.479. The summed E-state index contributed by atoms with van der Waals surface area (Å²) in [5, 5.41) is 0. The first kappa shape index (κ1) is 49.7. The molecule has 4 aromatic rings. The minimum Gasteiger partial charge on any atom is -0.457 e. The second kappa shape index (κ2) is 18.7. The first-order valence-corrected chi connectivity index (χ1v) is 22.2. The molecule has 0 fully saturated rings. The maximum absolute atomic E-state index is 13.6. The highest BCUT2D eigenvalue weighted by Gasteiger charge is 2.50. The Balaban J connectivity index is 2.00. The fraction of sp³-hybridized carbons (Fsp3) is 0.368. The summed E-state index contributed by atoms with van der Waals surface area (Å²) in [5.74, 6) is -1.97. The van der Waals surface area contributed by atoms with Crippen LogP contribution in [0, 0.1) is 27.7 Å². The van der Waals surface area contributed by atoms with Crippen LogP contribution in [-0.4, -0.2) is 46.3 Å². The molecule has 1 aliphatic rings. The number of carbonyl (C=O) groups excluding carboxylic acids is 4. The maximum Gasteiger partial charge on any atom is 0.331 e. The van der Waals surface area contributed by atoms with E-state index in [-0.39, 0.29) is 0 Å². The largest absolute Gasteiger partial charge is 0.457 e. The van der Waals surface area contributed by atoms with Crippen molar-refractivity contribution in [2.24, 2.45) is 0 Å². The molecule has 0 aromatic heterocycles. The van der Waals surface area contributed by atoms with Gasteiger partial charge in [-0.25, -0.2) is 19.2 Å². The summed E-state index contributed by atoms with van der Waals surface area (Å²) < 4.78 is 22.9. The third-order valence-electron chi connectivity index (χ3n) is 10.6. The van der Waals surface area contributed by atoms with E-state index in [4.69, 9.17) is 18.9 Å². The highest BCUT2D eigenvalue weighted by atomic mass is 16.6. The van der Waals surface area contributed by atoms with Crippen molar-refractivity contribution in [1.29, 1.82) is 0 Å². The third-order valence-corrected chi connectivity index (χ3v) is 10.6. The lowest BCUT2D eigenvalue weighted by Gasteiger charge is -2.40. The average molecular weight is 879 g/mol. The molecular formula is C57H66O8. The Morgan fingerprint density at radius 1 is 0.431 bits per heavy atom. The van der Waals surface area contributed by atoms with Crippen LogP contribution in [0.3, 0.4) is 0 Å². The van der Waals surface area contributed by atoms with Gasteiger partial charge in [0.2, 0.25) is 0 Å². The molecule has 0 spiro atoms. The van der Waals surface area contributed by atoms with Gasteiger partial charge in [0.25, 0.3) is 0 Å². The molecule has 5 rings (SSSR count). The number of hydrogen-bond donors (Lipinski definition) is 0. The number of benzene rings is 4. The summed E-state index contributed by atoms with van der Waals surface area (Å²) in [6.07, 6.45) is 12.9. The predicted octanol–water partition coefficient (Wildman–Crippen LogP) is 12.7. The van der Waals surface area contributed by atoms with E-state index in [1.165, 1.54) is 24.3 Å². The number of fused-ring (bicyclic) bond motifs is 3. The van der Waals surface area contributed by atoms with Gasteiger partial charge in [0, 0.05) is 24.3 Å². The van der Waals surface area contributed by atoms with Crippen LogP contribution in [0.2, 0.25) is 0 Å². The van der Waals surface area contributed by atoms with Gasteiger partial charge in [-0.3, -0.25) is 0 Å². The van der Waals surface area contributed by atoms with E-state index in [0.29, 0.717) is 0 Å². The Morgan fingerprint density at radius 3 is 1.00 bits per heavy atom. The number of esters is 4. The van der Waals surface area contributed by atoms with Crippen LogP contribution >= 0.6 is 0 Å². The Kier molecular flexibility index (Phi) is 14.3. The molecule has 4 aromatic carbocycles. The zero-order valence-electron chi connectivity index (χ0n) is 41.2. The van der Waals surface area contributed by atoms with Gasteiger partial charge in [-0.05, 0) is 213 Å². The van der Waals surface area contributed by atoms with E-state index in [1.807, 2.05) is 147 Å². The van der Waals surface area contributed by atoms with Crippen LogP contribution in [0.25, 0.3) is 35.4 Å². The summed E-state index contributed by atoms with van der Waals surface area (Å²) in [5.41, 5.74) is 8.35. The van der Waals surface area contributed by atoms with E-state index in [0.717, 1.165) is 77.9 Å². The van der Waals surface area contributed by atoms with E-state index in [1.54, 1.807) is 12.2 Å². The van der Waals surface area contributed by atoms with E-state index < -0.39 is 51.7 Å². The second-order valence-corrected chi connectivity index (χ2v) is 20.7. The average Bonchev–Trinajstić information content (AvgIpc) is 3.44. The van der Waals surface area contributed by atoms with Crippen LogP contribution in [0.5, 0.6) is 0 Å². The van der Waals surface area contributed by atoms with Crippen molar-refractivity contribution in [3.63, 3.8) is 0 Å².